The Labute approximate surface area is 176 Å². The molecule has 5 nitrogen and oxygen atoms in total. The van der Waals surface area contributed by atoms with Crippen molar-refractivity contribution in [3.05, 3.63) is 34.9 Å². The molecule has 0 bridgehead atoms. The molecule has 2 aliphatic rings. The first kappa shape index (κ1) is 21.4. The number of urea groups is 1. The zero-order chi connectivity index (χ0) is 20.1. The van der Waals surface area contributed by atoms with Crippen LogP contribution < -0.4 is 4.90 Å². The summed E-state index contributed by atoms with van der Waals surface area (Å²) in [6, 6.07) is -0.0393. The van der Waals surface area contributed by atoms with Gasteiger partial charge in [-0.3, -0.25) is 0 Å². The van der Waals surface area contributed by atoms with Gasteiger partial charge in [-0.25, -0.2) is 14.7 Å². The number of carbonyl (C=O) groups excluding carboxylic acids is 1. The first-order valence-electron chi connectivity index (χ1n) is 10.1. The van der Waals surface area contributed by atoms with Gasteiger partial charge < -0.3 is 9.64 Å². The van der Waals surface area contributed by atoms with Crippen LogP contribution in [0.1, 0.15) is 68.2 Å². The number of fused-ring (bicyclic) bond motifs is 1. The molecule has 3 atom stereocenters. The summed E-state index contributed by atoms with van der Waals surface area (Å²) in [7, 11) is 1.76. The highest BCUT2D eigenvalue weighted by molar-refractivity contribution is 8.00. The molecule has 3 unspecified atom stereocenters. The van der Waals surface area contributed by atoms with Gasteiger partial charge in [0.1, 0.15) is 13.5 Å². The van der Waals surface area contributed by atoms with E-state index in [9.17, 15) is 4.79 Å². The van der Waals surface area contributed by atoms with Crippen LogP contribution in [0.25, 0.3) is 0 Å². The number of amides is 2. The average Bonchev–Trinajstić information content (AvgIpc) is 3.13. The minimum atomic E-state index is -0.0393. The molecule has 3 rings (SSSR count). The Bertz CT molecular complexity index is 731. The minimum Gasteiger partial charge on any atom is -0.340 e. The predicted molar refractivity (Wildman–Crippen MR) is 119 cm³/mol. The molecule has 1 saturated heterocycles. The normalized spacial score (nSPS) is 25.9. The topological polar surface area (TPSA) is 45.7 Å². The maximum atomic E-state index is 12.6. The molecule has 0 radical (unpaired) electrons. The highest BCUT2D eigenvalue weighted by Crippen LogP contribution is 2.53. The van der Waals surface area contributed by atoms with E-state index in [1.54, 1.807) is 28.2 Å². The fourth-order valence-corrected chi connectivity index (χ4v) is 6.43. The molecule has 2 aliphatic heterocycles. The van der Waals surface area contributed by atoms with Gasteiger partial charge in [-0.1, -0.05) is 56.4 Å². The fraction of sp³-hybridized carbons (Fsp3) is 0.619. The summed E-state index contributed by atoms with van der Waals surface area (Å²) in [5, 5.41) is 1.68. The van der Waals surface area contributed by atoms with E-state index in [0.29, 0.717) is 23.1 Å². The summed E-state index contributed by atoms with van der Waals surface area (Å²) < 4.78 is 5.54. The van der Waals surface area contributed by atoms with Crippen molar-refractivity contribution in [3.8, 4) is 0 Å². The first-order valence-corrected chi connectivity index (χ1v) is 11.9. The summed E-state index contributed by atoms with van der Waals surface area (Å²) in [6.07, 6.45) is 13.3. The minimum absolute atomic E-state index is 0.0393. The van der Waals surface area contributed by atoms with E-state index in [0.717, 1.165) is 30.8 Å². The number of hydrogen-bond acceptors (Lipinski definition) is 5. The first-order chi connectivity index (χ1) is 13.6. The Hall–Kier alpha value is -1.31. The quantitative estimate of drug-likeness (QED) is 0.513. The van der Waals surface area contributed by atoms with Gasteiger partial charge in [0, 0.05) is 28.3 Å². The van der Waals surface area contributed by atoms with Crippen LogP contribution >= 0.6 is 23.1 Å². The number of thioether (sulfide) groups is 1. The molecule has 154 valence electrons. The Morgan fingerprint density at radius 1 is 1.14 bits per heavy atom. The zero-order valence-electron chi connectivity index (χ0n) is 17.3. The molecule has 0 saturated carbocycles. The molecule has 1 aromatic rings. The average molecular weight is 422 g/mol. The Morgan fingerprint density at radius 2 is 1.86 bits per heavy atom. The molecular formula is C21H31N3O2S2. The SMILES string of the molecule is CCC=CCC1SC(CC=CCC)C(C)c2nc(N3COCN(C)C3=O)sc21. The molecule has 2 amide bonds. The van der Waals surface area contributed by atoms with Crippen molar-refractivity contribution in [1.29, 1.82) is 0 Å². The predicted octanol–water partition coefficient (Wildman–Crippen LogP) is 5.92. The lowest BCUT2D eigenvalue weighted by Gasteiger charge is -2.32. The third-order valence-corrected chi connectivity index (χ3v) is 8.17. The summed E-state index contributed by atoms with van der Waals surface area (Å²) >= 11 is 3.73. The van der Waals surface area contributed by atoms with Gasteiger partial charge in [-0.05, 0) is 25.7 Å². The van der Waals surface area contributed by atoms with E-state index < -0.39 is 0 Å². The van der Waals surface area contributed by atoms with Gasteiger partial charge in [-0.15, -0.1) is 11.8 Å². The van der Waals surface area contributed by atoms with Crippen molar-refractivity contribution < 1.29 is 9.53 Å². The molecule has 7 heteroatoms. The highest BCUT2D eigenvalue weighted by atomic mass is 32.2. The Kier molecular flexibility index (Phi) is 7.60. The number of hydrogen-bond donors (Lipinski definition) is 0. The van der Waals surface area contributed by atoms with E-state index in [2.05, 4.69) is 56.8 Å². The van der Waals surface area contributed by atoms with Crippen molar-refractivity contribution in [2.75, 3.05) is 25.4 Å². The number of allylic oxidation sites excluding steroid dienone is 4. The Balaban J connectivity index is 1.89. The molecule has 3 heterocycles. The van der Waals surface area contributed by atoms with Crippen LogP contribution in [0.4, 0.5) is 9.93 Å². The van der Waals surface area contributed by atoms with Crippen molar-refractivity contribution in [2.45, 2.75) is 62.9 Å². The summed E-state index contributed by atoms with van der Waals surface area (Å²) in [5.74, 6) is 0.372. The van der Waals surface area contributed by atoms with Crippen LogP contribution in [0.15, 0.2) is 24.3 Å². The van der Waals surface area contributed by atoms with E-state index in [1.165, 1.54) is 10.6 Å². The maximum Gasteiger partial charge on any atom is 0.329 e. The number of nitrogens with zero attached hydrogens (tertiary/aromatic N) is 3. The van der Waals surface area contributed by atoms with Gasteiger partial charge in [-0.2, -0.15) is 0 Å². The molecule has 0 aromatic carbocycles. The maximum absolute atomic E-state index is 12.6. The monoisotopic (exact) mass is 421 g/mol. The van der Waals surface area contributed by atoms with E-state index >= 15 is 0 Å². The van der Waals surface area contributed by atoms with Crippen molar-refractivity contribution in [3.63, 3.8) is 0 Å². The standard InChI is InChI=1S/C21H31N3O2S2/c1-5-7-9-11-16-15(3)18-19(17(27-16)12-10-8-6-2)28-20(22-18)24-14-26-13-23(4)21(24)25/h7-10,15-17H,5-6,11-14H2,1-4H3. The summed E-state index contributed by atoms with van der Waals surface area (Å²) in [4.78, 5) is 22.1. The number of rotatable bonds is 7. The van der Waals surface area contributed by atoms with E-state index in [1.807, 2.05) is 0 Å². The molecule has 1 aromatic heterocycles. The van der Waals surface area contributed by atoms with E-state index in [4.69, 9.17) is 9.72 Å². The van der Waals surface area contributed by atoms with Crippen LogP contribution in [-0.2, 0) is 4.74 Å². The number of ether oxygens (including phenoxy) is 1. The molecule has 0 aliphatic carbocycles. The zero-order valence-corrected chi connectivity index (χ0v) is 18.9. The van der Waals surface area contributed by atoms with Crippen LogP contribution in [-0.4, -0.2) is 41.7 Å². The molecule has 0 N–H and O–H groups in total. The van der Waals surface area contributed by atoms with Crippen molar-refractivity contribution >= 4 is 34.3 Å². The molecule has 28 heavy (non-hydrogen) atoms. The lowest BCUT2D eigenvalue weighted by atomic mass is 9.97. The van der Waals surface area contributed by atoms with E-state index in [-0.39, 0.29) is 12.8 Å². The van der Waals surface area contributed by atoms with Gasteiger partial charge in [0.25, 0.3) is 0 Å². The van der Waals surface area contributed by atoms with Gasteiger partial charge in [0.15, 0.2) is 5.13 Å². The lowest BCUT2D eigenvalue weighted by molar-refractivity contribution is 0.0361. The van der Waals surface area contributed by atoms with Crippen molar-refractivity contribution in [1.82, 2.24) is 9.88 Å². The largest absolute Gasteiger partial charge is 0.340 e. The van der Waals surface area contributed by atoms with Gasteiger partial charge >= 0.3 is 6.03 Å². The summed E-state index contributed by atoms with van der Waals surface area (Å²) in [5.41, 5.74) is 1.17. The third kappa shape index (κ3) is 4.63. The number of aromatic nitrogens is 1. The second-order valence-corrected chi connectivity index (χ2v) is 9.76. The van der Waals surface area contributed by atoms with Crippen LogP contribution in [0, 0.1) is 0 Å². The van der Waals surface area contributed by atoms with Crippen LogP contribution in [0.5, 0.6) is 0 Å². The lowest BCUT2D eigenvalue weighted by Crippen LogP contribution is -2.48. The summed E-state index contributed by atoms with van der Waals surface area (Å²) in [6.45, 7) is 7.23. The number of carbonyl (C=O) groups is 1. The third-order valence-electron chi connectivity index (χ3n) is 5.11. The van der Waals surface area contributed by atoms with Crippen LogP contribution in [0.2, 0.25) is 0 Å². The van der Waals surface area contributed by atoms with Crippen molar-refractivity contribution in [2.24, 2.45) is 0 Å². The van der Waals surface area contributed by atoms with Crippen LogP contribution in [0.3, 0.4) is 0 Å². The second-order valence-electron chi connectivity index (χ2n) is 7.30. The molecule has 0 spiro atoms. The fourth-order valence-electron chi connectivity index (χ4n) is 3.50. The molecule has 1 fully saturated rings. The molecular weight excluding hydrogens is 390 g/mol. The van der Waals surface area contributed by atoms with Gasteiger partial charge in [0.2, 0.25) is 0 Å². The van der Waals surface area contributed by atoms with Gasteiger partial charge in [0.05, 0.1) is 5.69 Å². The highest BCUT2D eigenvalue weighted by Gasteiger charge is 2.37. The number of thiazole rings is 1. The Morgan fingerprint density at radius 3 is 2.57 bits per heavy atom. The smallest absolute Gasteiger partial charge is 0.329 e. The number of anilines is 1. The second kappa shape index (κ2) is 9.94.